The number of hydrogen-bond acceptors (Lipinski definition) is 3. The molecule has 1 N–H and O–H groups in total. The second kappa shape index (κ2) is 5.94. The molecule has 0 aromatic carbocycles. The van der Waals surface area contributed by atoms with Gasteiger partial charge in [0.05, 0.1) is 5.88 Å². The normalized spacial score (nSPS) is 21.1. The Balaban J connectivity index is 2.75. The summed E-state index contributed by atoms with van der Waals surface area (Å²) in [4.78, 5) is 25.2. The third-order valence-corrected chi connectivity index (χ3v) is 3.55. The molecule has 0 aromatic heterocycles. The van der Waals surface area contributed by atoms with Crippen LogP contribution in [0.5, 0.6) is 0 Å². The van der Waals surface area contributed by atoms with Crippen LogP contribution < -0.4 is 5.32 Å². The topological polar surface area (TPSA) is 49.4 Å². The molecule has 2 amide bonds. The highest BCUT2D eigenvalue weighted by Gasteiger charge is 2.34. The van der Waals surface area contributed by atoms with Crippen LogP contribution in [0.25, 0.3) is 0 Å². The van der Waals surface area contributed by atoms with Gasteiger partial charge in [-0.1, -0.05) is 13.0 Å². The number of rotatable bonds is 3. The number of thioether (sulfide) groups is 1. The minimum atomic E-state index is -0.317. The fourth-order valence-electron chi connectivity index (χ4n) is 1.65. The fourth-order valence-corrected chi connectivity index (χ4v) is 2.80. The molecular formula is C11H18N2O2S. The molecule has 0 aliphatic carbocycles. The van der Waals surface area contributed by atoms with E-state index in [-0.39, 0.29) is 17.9 Å². The molecule has 1 fully saturated rings. The van der Waals surface area contributed by atoms with Gasteiger partial charge >= 0.3 is 0 Å². The first-order valence-electron chi connectivity index (χ1n) is 5.38. The smallest absolute Gasteiger partial charge is 0.250 e. The van der Waals surface area contributed by atoms with Gasteiger partial charge in [0.15, 0.2) is 0 Å². The highest BCUT2D eigenvalue weighted by atomic mass is 32.2. The summed E-state index contributed by atoms with van der Waals surface area (Å²) in [5, 5.41) is 2.60. The Hall–Kier alpha value is -0.970. The summed E-state index contributed by atoms with van der Waals surface area (Å²) >= 11 is 1.61. The quantitative estimate of drug-likeness (QED) is 0.751. The van der Waals surface area contributed by atoms with Crippen molar-refractivity contribution < 1.29 is 9.59 Å². The minimum absolute atomic E-state index is 0.0274. The molecule has 5 heteroatoms. The van der Waals surface area contributed by atoms with Crippen LogP contribution in [0.2, 0.25) is 0 Å². The van der Waals surface area contributed by atoms with Gasteiger partial charge in [-0.3, -0.25) is 9.59 Å². The van der Waals surface area contributed by atoms with Gasteiger partial charge in [-0.25, -0.2) is 0 Å². The van der Waals surface area contributed by atoms with Crippen molar-refractivity contribution in [3.8, 4) is 0 Å². The molecule has 1 rings (SSSR count). The van der Waals surface area contributed by atoms with Crippen LogP contribution in [0.15, 0.2) is 11.6 Å². The summed E-state index contributed by atoms with van der Waals surface area (Å²) in [6.45, 7) is 3.79. The summed E-state index contributed by atoms with van der Waals surface area (Å²) in [5.74, 6) is 1.18. The van der Waals surface area contributed by atoms with E-state index < -0.39 is 0 Å². The SMILES string of the molecule is CC/C=C(\C)C(=O)N1CSCC1C(=O)NC. The molecule has 4 nitrogen and oxygen atoms in total. The zero-order valence-corrected chi connectivity index (χ0v) is 10.8. The Morgan fingerprint density at radius 3 is 2.81 bits per heavy atom. The molecule has 0 aromatic rings. The lowest BCUT2D eigenvalue weighted by atomic mass is 10.2. The van der Waals surface area contributed by atoms with Crippen molar-refractivity contribution in [3.05, 3.63) is 11.6 Å². The van der Waals surface area contributed by atoms with Crippen molar-refractivity contribution in [3.63, 3.8) is 0 Å². The zero-order chi connectivity index (χ0) is 12.1. The van der Waals surface area contributed by atoms with E-state index in [2.05, 4.69) is 5.32 Å². The number of amides is 2. The second-order valence-corrected chi connectivity index (χ2v) is 4.70. The van der Waals surface area contributed by atoms with Gasteiger partial charge in [0.1, 0.15) is 6.04 Å². The van der Waals surface area contributed by atoms with Crippen LogP contribution in [0.3, 0.4) is 0 Å². The largest absolute Gasteiger partial charge is 0.357 e. The van der Waals surface area contributed by atoms with Gasteiger partial charge in [-0.05, 0) is 13.3 Å². The maximum atomic E-state index is 12.0. The van der Waals surface area contributed by atoms with E-state index in [1.54, 1.807) is 30.6 Å². The first kappa shape index (κ1) is 13.1. The number of likely N-dealkylation sites (N-methyl/N-ethyl adjacent to an activating group) is 1. The highest BCUT2D eigenvalue weighted by molar-refractivity contribution is 7.99. The lowest BCUT2D eigenvalue weighted by molar-refractivity contribution is -0.135. The average Bonchev–Trinajstić information content (AvgIpc) is 2.76. The van der Waals surface area contributed by atoms with Crippen molar-refractivity contribution in [2.45, 2.75) is 26.3 Å². The van der Waals surface area contributed by atoms with Crippen LogP contribution in [-0.2, 0) is 9.59 Å². The maximum Gasteiger partial charge on any atom is 0.250 e. The predicted octanol–water partition coefficient (Wildman–Crippen LogP) is 0.990. The molecule has 0 saturated carbocycles. The van der Waals surface area contributed by atoms with E-state index in [1.165, 1.54) is 0 Å². The summed E-state index contributed by atoms with van der Waals surface area (Å²) in [6, 6.07) is -0.317. The van der Waals surface area contributed by atoms with Gasteiger partial charge < -0.3 is 10.2 Å². The molecular weight excluding hydrogens is 224 g/mol. The lowest BCUT2D eigenvalue weighted by Gasteiger charge is -2.22. The molecule has 1 unspecified atom stereocenters. The Bertz CT molecular complexity index is 315. The third kappa shape index (κ3) is 2.78. The van der Waals surface area contributed by atoms with Gasteiger partial charge in [0.2, 0.25) is 5.91 Å². The molecule has 0 spiro atoms. The minimum Gasteiger partial charge on any atom is -0.357 e. The summed E-state index contributed by atoms with van der Waals surface area (Å²) < 4.78 is 0. The van der Waals surface area contributed by atoms with Crippen LogP contribution in [0.1, 0.15) is 20.3 Å². The van der Waals surface area contributed by atoms with E-state index in [0.717, 1.165) is 12.0 Å². The number of nitrogens with one attached hydrogen (secondary N) is 1. The van der Waals surface area contributed by atoms with Crippen molar-refractivity contribution in [1.29, 1.82) is 0 Å². The molecule has 16 heavy (non-hydrogen) atoms. The standard InChI is InChI=1S/C11H18N2O2S/c1-4-5-8(2)11(15)13-7-16-6-9(13)10(14)12-3/h5,9H,4,6-7H2,1-3H3,(H,12,14)/b8-5+. The summed E-state index contributed by atoms with van der Waals surface area (Å²) in [7, 11) is 1.60. The number of carbonyl (C=O) groups is 2. The van der Waals surface area contributed by atoms with Crippen LogP contribution in [0.4, 0.5) is 0 Å². The molecule has 1 aliphatic heterocycles. The molecule has 1 saturated heterocycles. The fraction of sp³-hybridized carbons (Fsp3) is 0.636. The molecule has 1 heterocycles. The molecule has 0 radical (unpaired) electrons. The average molecular weight is 242 g/mol. The number of hydrogen-bond donors (Lipinski definition) is 1. The highest BCUT2D eigenvalue weighted by Crippen LogP contribution is 2.22. The maximum absolute atomic E-state index is 12.0. The van der Waals surface area contributed by atoms with Crippen LogP contribution >= 0.6 is 11.8 Å². The van der Waals surface area contributed by atoms with Crippen molar-refractivity contribution >= 4 is 23.6 Å². The Morgan fingerprint density at radius 2 is 2.25 bits per heavy atom. The molecule has 0 bridgehead atoms. The van der Waals surface area contributed by atoms with Gasteiger partial charge in [-0.2, -0.15) is 0 Å². The monoisotopic (exact) mass is 242 g/mol. The van der Waals surface area contributed by atoms with Crippen LogP contribution in [0, 0.1) is 0 Å². The van der Waals surface area contributed by atoms with Crippen LogP contribution in [-0.4, -0.2) is 41.4 Å². The third-order valence-electron chi connectivity index (χ3n) is 2.54. The van der Waals surface area contributed by atoms with Crippen molar-refractivity contribution in [1.82, 2.24) is 10.2 Å². The Kier molecular flexibility index (Phi) is 4.86. The Morgan fingerprint density at radius 1 is 1.56 bits per heavy atom. The molecule has 1 aliphatic rings. The summed E-state index contributed by atoms with van der Waals surface area (Å²) in [5.41, 5.74) is 0.721. The van der Waals surface area contributed by atoms with E-state index in [0.29, 0.717) is 11.6 Å². The first-order chi connectivity index (χ1) is 7.61. The zero-order valence-electron chi connectivity index (χ0n) is 9.95. The van der Waals surface area contributed by atoms with Crippen molar-refractivity contribution in [2.24, 2.45) is 0 Å². The van der Waals surface area contributed by atoms with E-state index in [9.17, 15) is 9.59 Å². The first-order valence-corrected chi connectivity index (χ1v) is 6.54. The van der Waals surface area contributed by atoms with Crippen molar-refractivity contribution in [2.75, 3.05) is 18.7 Å². The molecule has 1 atom stereocenters. The van der Waals surface area contributed by atoms with Gasteiger partial charge in [-0.15, -0.1) is 11.8 Å². The molecule has 90 valence electrons. The van der Waals surface area contributed by atoms with Gasteiger partial charge in [0, 0.05) is 18.4 Å². The van der Waals surface area contributed by atoms with Gasteiger partial charge in [0.25, 0.3) is 5.91 Å². The number of allylic oxidation sites excluding steroid dienone is 1. The van der Waals surface area contributed by atoms with E-state index >= 15 is 0 Å². The predicted molar refractivity (Wildman–Crippen MR) is 66.1 cm³/mol. The van der Waals surface area contributed by atoms with E-state index in [4.69, 9.17) is 0 Å². The number of nitrogens with zero attached hydrogens (tertiary/aromatic N) is 1. The Labute approximate surface area is 100 Å². The van der Waals surface area contributed by atoms with E-state index in [1.807, 2.05) is 13.0 Å². The summed E-state index contributed by atoms with van der Waals surface area (Å²) in [6.07, 6.45) is 2.73. The number of carbonyl (C=O) groups excluding carboxylic acids is 2. The lowest BCUT2D eigenvalue weighted by Crippen LogP contribution is -2.46. The second-order valence-electron chi connectivity index (χ2n) is 3.70.